The standard InChI is InChI=1S/C15H18F3NO2/c1-21-10-11-6-8-19(9-7-11)14(20)12-2-4-13(5-3-12)15(16,17)18/h2-5,11H,6-10H2,1H3. The van der Waals surface area contributed by atoms with Crippen molar-refractivity contribution in [3.05, 3.63) is 35.4 Å². The summed E-state index contributed by atoms with van der Waals surface area (Å²) in [4.78, 5) is 13.9. The molecular formula is C15H18F3NO2. The second kappa shape index (κ2) is 6.47. The Morgan fingerprint density at radius 1 is 1.24 bits per heavy atom. The van der Waals surface area contributed by atoms with E-state index >= 15 is 0 Å². The van der Waals surface area contributed by atoms with Crippen molar-refractivity contribution in [2.75, 3.05) is 26.8 Å². The molecular weight excluding hydrogens is 283 g/mol. The molecule has 0 spiro atoms. The van der Waals surface area contributed by atoms with Crippen LogP contribution in [0.15, 0.2) is 24.3 Å². The number of benzene rings is 1. The van der Waals surface area contributed by atoms with Crippen LogP contribution in [0.25, 0.3) is 0 Å². The number of halogens is 3. The number of methoxy groups -OCH3 is 1. The Balaban J connectivity index is 1.98. The molecule has 1 aromatic carbocycles. The highest BCUT2D eigenvalue weighted by Crippen LogP contribution is 2.29. The monoisotopic (exact) mass is 301 g/mol. The van der Waals surface area contributed by atoms with Crippen LogP contribution < -0.4 is 0 Å². The van der Waals surface area contributed by atoms with Crippen molar-refractivity contribution >= 4 is 5.91 Å². The first-order valence-corrected chi connectivity index (χ1v) is 6.87. The molecule has 2 rings (SSSR count). The minimum atomic E-state index is -4.37. The Bertz CT molecular complexity index is 477. The molecule has 3 nitrogen and oxygen atoms in total. The molecule has 1 aliphatic heterocycles. The van der Waals surface area contributed by atoms with Gasteiger partial charge in [0, 0.05) is 32.4 Å². The summed E-state index contributed by atoms with van der Waals surface area (Å²) in [5, 5.41) is 0. The van der Waals surface area contributed by atoms with E-state index in [4.69, 9.17) is 4.74 Å². The maximum atomic E-state index is 12.5. The van der Waals surface area contributed by atoms with Crippen LogP contribution in [0, 0.1) is 5.92 Å². The molecule has 1 fully saturated rings. The van der Waals surface area contributed by atoms with Gasteiger partial charge in [-0.1, -0.05) is 0 Å². The van der Waals surface area contributed by atoms with Crippen LogP contribution in [0.4, 0.5) is 13.2 Å². The van der Waals surface area contributed by atoms with Crippen molar-refractivity contribution in [1.82, 2.24) is 4.90 Å². The van der Waals surface area contributed by atoms with Crippen molar-refractivity contribution in [3.8, 4) is 0 Å². The van der Waals surface area contributed by atoms with Crippen LogP contribution in [0.2, 0.25) is 0 Å². The van der Waals surface area contributed by atoms with Gasteiger partial charge in [-0.05, 0) is 43.0 Å². The molecule has 0 radical (unpaired) electrons. The van der Waals surface area contributed by atoms with Crippen LogP contribution in [-0.4, -0.2) is 37.6 Å². The highest BCUT2D eigenvalue weighted by Gasteiger charge is 2.30. The number of hydrogen-bond acceptors (Lipinski definition) is 2. The summed E-state index contributed by atoms with van der Waals surface area (Å²) in [6.07, 6.45) is -2.65. The van der Waals surface area contributed by atoms with Crippen molar-refractivity contribution in [1.29, 1.82) is 0 Å². The zero-order valence-electron chi connectivity index (χ0n) is 11.8. The summed E-state index contributed by atoms with van der Waals surface area (Å²) in [5.74, 6) is 0.242. The Hall–Kier alpha value is -1.56. The van der Waals surface area contributed by atoms with Gasteiger partial charge in [0.15, 0.2) is 0 Å². The molecule has 1 saturated heterocycles. The van der Waals surface area contributed by atoms with Gasteiger partial charge in [-0.15, -0.1) is 0 Å². The smallest absolute Gasteiger partial charge is 0.384 e. The number of likely N-dealkylation sites (tertiary alicyclic amines) is 1. The van der Waals surface area contributed by atoms with Crippen molar-refractivity contribution < 1.29 is 22.7 Å². The zero-order chi connectivity index (χ0) is 15.5. The second-order valence-corrected chi connectivity index (χ2v) is 5.27. The fourth-order valence-corrected chi connectivity index (χ4v) is 2.52. The van der Waals surface area contributed by atoms with E-state index in [1.54, 1.807) is 12.0 Å². The van der Waals surface area contributed by atoms with Crippen LogP contribution in [0.1, 0.15) is 28.8 Å². The highest BCUT2D eigenvalue weighted by atomic mass is 19.4. The lowest BCUT2D eigenvalue weighted by molar-refractivity contribution is -0.137. The van der Waals surface area contributed by atoms with Gasteiger partial charge >= 0.3 is 6.18 Å². The van der Waals surface area contributed by atoms with Crippen molar-refractivity contribution in [2.24, 2.45) is 5.92 Å². The predicted molar refractivity (Wildman–Crippen MR) is 71.9 cm³/mol. The van der Waals surface area contributed by atoms with E-state index in [-0.39, 0.29) is 5.91 Å². The average Bonchev–Trinajstić information content (AvgIpc) is 2.47. The number of hydrogen-bond donors (Lipinski definition) is 0. The third-order valence-corrected chi connectivity index (χ3v) is 3.76. The Kier molecular flexibility index (Phi) is 4.88. The molecule has 0 saturated carbocycles. The van der Waals surface area contributed by atoms with E-state index in [9.17, 15) is 18.0 Å². The quantitative estimate of drug-likeness (QED) is 0.858. The molecule has 1 amide bonds. The van der Waals surface area contributed by atoms with E-state index in [1.165, 1.54) is 12.1 Å². The van der Waals surface area contributed by atoms with Crippen LogP contribution >= 0.6 is 0 Å². The maximum Gasteiger partial charge on any atom is 0.416 e. The first kappa shape index (κ1) is 15.8. The fraction of sp³-hybridized carbons (Fsp3) is 0.533. The summed E-state index contributed by atoms with van der Waals surface area (Å²) in [5.41, 5.74) is -0.439. The Morgan fingerprint density at radius 3 is 2.29 bits per heavy atom. The molecule has 0 N–H and O–H groups in total. The lowest BCUT2D eigenvalue weighted by atomic mass is 9.97. The molecule has 0 atom stereocenters. The molecule has 1 aromatic rings. The SMILES string of the molecule is COCC1CCN(C(=O)c2ccc(C(F)(F)F)cc2)CC1. The lowest BCUT2D eigenvalue weighted by Gasteiger charge is -2.31. The number of carbonyl (C=O) groups is 1. The number of ether oxygens (including phenoxy) is 1. The Morgan fingerprint density at radius 2 is 1.81 bits per heavy atom. The molecule has 116 valence electrons. The van der Waals surface area contributed by atoms with Gasteiger partial charge in [-0.3, -0.25) is 4.79 Å². The molecule has 0 bridgehead atoms. The van der Waals surface area contributed by atoms with Gasteiger partial charge in [0.05, 0.1) is 5.56 Å². The van der Waals surface area contributed by atoms with Crippen LogP contribution in [-0.2, 0) is 10.9 Å². The molecule has 6 heteroatoms. The van der Waals surface area contributed by atoms with E-state index in [0.29, 0.717) is 31.2 Å². The second-order valence-electron chi connectivity index (χ2n) is 5.27. The molecule has 1 aliphatic rings. The number of amides is 1. The van der Waals surface area contributed by atoms with Gasteiger partial charge in [0.2, 0.25) is 0 Å². The van der Waals surface area contributed by atoms with Crippen molar-refractivity contribution in [3.63, 3.8) is 0 Å². The minimum absolute atomic E-state index is 0.209. The van der Waals surface area contributed by atoms with Crippen molar-refractivity contribution in [2.45, 2.75) is 19.0 Å². The predicted octanol–water partition coefficient (Wildman–Crippen LogP) is 3.20. The normalized spacial score (nSPS) is 17.0. The summed E-state index contributed by atoms with van der Waals surface area (Å²) >= 11 is 0. The number of rotatable bonds is 3. The third kappa shape index (κ3) is 3.97. The largest absolute Gasteiger partial charge is 0.416 e. The number of alkyl halides is 3. The molecule has 0 aliphatic carbocycles. The van der Waals surface area contributed by atoms with E-state index in [1.807, 2.05) is 0 Å². The topological polar surface area (TPSA) is 29.5 Å². The van der Waals surface area contributed by atoms with Gasteiger partial charge < -0.3 is 9.64 Å². The van der Waals surface area contributed by atoms with Gasteiger partial charge in [-0.2, -0.15) is 13.2 Å². The van der Waals surface area contributed by atoms with Crippen LogP contribution in [0.3, 0.4) is 0 Å². The number of carbonyl (C=O) groups excluding carboxylic acids is 1. The maximum absolute atomic E-state index is 12.5. The zero-order valence-corrected chi connectivity index (χ0v) is 11.8. The molecule has 1 heterocycles. The first-order chi connectivity index (χ1) is 9.91. The summed E-state index contributed by atoms with van der Waals surface area (Å²) < 4.78 is 42.5. The minimum Gasteiger partial charge on any atom is -0.384 e. The van der Waals surface area contributed by atoms with Gasteiger partial charge in [-0.25, -0.2) is 0 Å². The summed E-state index contributed by atoms with van der Waals surface area (Å²) in [7, 11) is 1.65. The molecule has 21 heavy (non-hydrogen) atoms. The summed E-state index contributed by atoms with van der Waals surface area (Å²) in [6.45, 7) is 1.92. The van der Waals surface area contributed by atoms with E-state index in [0.717, 1.165) is 25.0 Å². The third-order valence-electron chi connectivity index (χ3n) is 3.76. The Labute approximate surface area is 121 Å². The fourth-order valence-electron chi connectivity index (χ4n) is 2.52. The number of nitrogens with zero attached hydrogens (tertiary/aromatic N) is 1. The van der Waals surface area contributed by atoms with Crippen LogP contribution in [0.5, 0.6) is 0 Å². The summed E-state index contributed by atoms with van der Waals surface area (Å²) in [6, 6.07) is 4.38. The molecule has 0 unspecified atom stereocenters. The lowest BCUT2D eigenvalue weighted by Crippen LogP contribution is -2.39. The van der Waals surface area contributed by atoms with E-state index < -0.39 is 11.7 Å². The molecule has 0 aromatic heterocycles. The van der Waals surface area contributed by atoms with Gasteiger partial charge in [0.1, 0.15) is 0 Å². The number of piperidine rings is 1. The highest BCUT2D eigenvalue weighted by molar-refractivity contribution is 5.94. The first-order valence-electron chi connectivity index (χ1n) is 6.87. The van der Waals surface area contributed by atoms with E-state index in [2.05, 4.69) is 0 Å². The van der Waals surface area contributed by atoms with Gasteiger partial charge in [0.25, 0.3) is 5.91 Å². The average molecular weight is 301 g/mol.